The molecule has 0 aromatic carbocycles. The number of ether oxygens (including phenoxy) is 2. The van der Waals surface area contributed by atoms with Gasteiger partial charge in [0.05, 0.1) is 7.11 Å². The van der Waals surface area contributed by atoms with Crippen LogP contribution in [-0.4, -0.2) is 50.2 Å². The molecule has 1 saturated heterocycles. The number of hydrogen-bond acceptors (Lipinski definition) is 6. The molecule has 1 aliphatic heterocycles. The molecular formula is C14H24N2O5. The lowest BCUT2D eigenvalue weighted by molar-refractivity contribution is -0.144. The number of hydrogen-bond donors (Lipinski definition) is 2. The summed E-state index contributed by atoms with van der Waals surface area (Å²) in [5.41, 5.74) is -1.32. The van der Waals surface area contributed by atoms with Gasteiger partial charge in [0.1, 0.15) is 17.9 Å². The third-order valence-corrected chi connectivity index (χ3v) is 3.31. The summed E-state index contributed by atoms with van der Waals surface area (Å²) in [5, 5.41) is 5.58. The maximum atomic E-state index is 11.8. The lowest BCUT2D eigenvalue weighted by atomic mass is 9.82. The van der Waals surface area contributed by atoms with Gasteiger partial charge in [-0.3, -0.25) is 0 Å². The number of amides is 1. The Morgan fingerprint density at radius 3 is 2.52 bits per heavy atom. The van der Waals surface area contributed by atoms with Gasteiger partial charge in [-0.25, -0.2) is 9.59 Å². The van der Waals surface area contributed by atoms with Crippen LogP contribution in [0.5, 0.6) is 0 Å². The Kier molecular flexibility index (Phi) is 5.71. The average molecular weight is 300 g/mol. The first kappa shape index (κ1) is 17.4. The zero-order valence-corrected chi connectivity index (χ0v) is 13.0. The third kappa shape index (κ3) is 5.34. The monoisotopic (exact) mass is 300 g/mol. The average Bonchev–Trinajstić information content (AvgIpc) is 2.84. The van der Waals surface area contributed by atoms with E-state index in [1.165, 1.54) is 7.11 Å². The molecule has 0 saturated carbocycles. The second kappa shape index (κ2) is 6.89. The number of methoxy groups -OCH3 is 1. The Morgan fingerprint density at radius 2 is 2.10 bits per heavy atom. The van der Waals surface area contributed by atoms with Crippen molar-refractivity contribution in [1.82, 2.24) is 10.6 Å². The van der Waals surface area contributed by atoms with Crippen molar-refractivity contribution in [3.05, 3.63) is 0 Å². The fourth-order valence-electron chi connectivity index (χ4n) is 2.28. The molecule has 2 atom stereocenters. The van der Waals surface area contributed by atoms with E-state index in [1.54, 1.807) is 20.8 Å². The van der Waals surface area contributed by atoms with Crippen molar-refractivity contribution in [2.75, 3.05) is 20.2 Å². The molecule has 7 nitrogen and oxygen atoms in total. The Morgan fingerprint density at radius 1 is 1.43 bits per heavy atom. The Labute approximate surface area is 124 Å². The van der Waals surface area contributed by atoms with Crippen molar-refractivity contribution in [3.63, 3.8) is 0 Å². The molecule has 0 radical (unpaired) electrons. The molecule has 7 heteroatoms. The predicted octanol–water partition coefficient (Wildman–Crippen LogP) is 0.621. The number of rotatable bonds is 5. The van der Waals surface area contributed by atoms with Gasteiger partial charge in [0.15, 0.2) is 0 Å². The van der Waals surface area contributed by atoms with Gasteiger partial charge in [-0.2, -0.15) is 0 Å². The summed E-state index contributed by atoms with van der Waals surface area (Å²) >= 11 is 0. The number of aldehydes is 1. The minimum atomic E-state index is -0.907. The van der Waals surface area contributed by atoms with Crippen molar-refractivity contribution >= 4 is 18.3 Å². The fourth-order valence-corrected chi connectivity index (χ4v) is 2.28. The van der Waals surface area contributed by atoms with Crippen molar-refractivity contribution in [3.8, 4) is 0 Å². The summed E-state index contributed by atoms with van der Waals surface area (Å²) in [4.78, 5) is 35.0. The lowest BCUT2D eigenvalue weighted by Gasteiger charge is -2.27. The molecule has 1 amide bonds. The van der Waals surface area contributed by atoms with E-state index in [9.17, 15) is 14.4 Å². The Hall–Kier alpha value is -1.63. The van der Waals surface area contributed by atoms with Crippen LogP contribution in [-0.2, 0) is 19.1 Å². The van der Waals surface area contributed by atoms with E-state index < -0.39 is 29.1 Å². The highest BCUT2D eigenvalue weighted by atomic mass is 16.6. The molecule has 1 heterocycles. The van der Waals surface area contributed by atoms with Gasteiger partial charge in [-0.1, -0.05) is 0 Å². The lowest BCUT2D eigenvalue weighted by Crippen LogP contribution is -2.47. The molecule has 21 heavy (non-hydrogen) atoms. The van der Waals surface area contributed by atoms with Crippen LogP contribution < -0.4 is 10.6 Å². The first-order chi connectivity index (χ1) is 9.71. The van der Waals surface area contributed by atoms with Gasteiger partial charge in [0, 0.05) is 12.0 Å². The van der Waals surface area contributed by atoms with Gasteiger partial charge < -0.3 is 24.9 Å². The third-order valence-electron chi connectivity index (χ3n) is 3.31. The van der Waals surface area contributed by atoms with Crippen molar-refractivity contribution in [2.45, 2.75) is 45.3 Å². The minimum absolute atomic E-state index is 0.190. The number of nitrogens with one attached hydrogen (secondary N) is 2. The maximum absolute atomic E-state index is 11.8. The van der Waals surface area contributed by atoms with Crippen LogP contribution in [0, 0.1) is 5.41 Å². The highest BCUT2D eigenvalue weighted by molar-refractivity contribution is 5.82. The molecule has 0 bridgehead atoms. The number of carbonyl (C=O) groups excluding carboxylic acids is 3. The van der Waals surface area contributed by atoms with Crippen molar-refractivity contribution < 1.29 is 23.9 Å². The first-order valence-electron chi connectivity index (χ1n) is 6.96. The molecule has 0 aliphatic carbocycles. The molecule has 0 spiro atoms. The quantitative estimate of drug-likeness (QED) is 0.571. The van der Waals surface area contributed by atoms with Crippen LogP contribution in [0.3, 0.4) is 0 Å². The fraction of sp³-hybridized carbons (Fsp3) is 0.786. The molecule has 0 aromatic heterocycles. The number of esters is 1. The van der Waals surface area contributed by atoms with Crippen LogP contribution in [0.15, 0.2) is 0 Å². The van der Waals surface area contributed by atoms with Crippen LogP contribution in [0.25, 0.3) is 0 Å². The zero-order chi connectivity index (χ0) is 16.1. The molecule has 1 aliphatic rings. The smallest absolute Gasteiger partial charge is 0.408 e. The largest absolute Gasteiger partial charge is 0.467 e. The van der Waals surface area contributed by atoms with E-state index in [-0.39, 0.29) is 6.42 Å². The van der Waals surface area contributed by atoms with Gasteiger partial charge in [0.25, 0.3) is 0 Å². The highest BCUT2D eigenvalue weighted by Gasteiger charge is 2.39. The van der Waals surface area contributed by atoms with E-state index >= 15 is 0 Å². The molecular weight excluding hydrogens is 276 g/mol. The van der Waals surface area contributed by atoms with Crippen molar-refractivity contribution in [2.24, 2.45) is 5.41 Å². The Bertz CT molecular complexity index is 397. The van der Waals surface area contributed by atoms with Crippen LogP contribution >= 0.6 is 0 Å². The summed E-state index contributed by atoms with van der Waals surface area (Å²) in [6.45, 7) is 6.38. The molecule has 0 aromatic rings. The second-order valence-corrected chi connectivity index (χ2v) is 6.33. The summed E-state index contributed by atoms with van der Waals surface area (Å²) in [5.74, 6) is -0.589. The minimum Gasteiger partial charge on any atom is -0.467 e. The summed E-state index contributed by atoms with van der Waals surface area (Å²) in [6, 6.07) is -0.907. The van der Waals surface area contributed by atoms with E-state index in [0.29, 0.717) is 19.5 Å². The molecule has 0 unspecified atom stereocenters. The van der Waals surface area contributed by atoms with Crippen LogP contribution in [0.4, 0.5) is 4.79 Å². The Balaban J connectivity index is 2.74. The standard InChI is InChI=1S/C14H24N2O5/c1-13(2,3)21-12(19)16-10(11(18)20-4)7-14(9-17)5-6-15-8-14/h9-10,15H,5-8H2,1-4H3,(H,16,19)/t10-,14-/m0/s1. The zero-order valence-electron chi connectivity index (χ0n) is 13.0. The van der Waals surface area contributed by atoms with Crippen LogP contribution in [0.2, 0.25) is 0 Å². The van der Waals surface area contributed by atoms with Crippen molar-refractivity contribution in [1.29, 1.82) is 0 Å². The normalized spacial score (nSPS) is 23.2. The summed E-state index contributed by atoms with van der Waals surface area (Å²) in [6.07, 6.45) is 0.958. The van der Waals surface area contributed by atoms with E-state index in [0.717, 1.165) is 6.29 Å². The van der Waals surface area contributed by atoms with Gasteiger partial charge in [0.2, 0.25) is 0 Å². The SMILES string of the molecule is COC(=O)[C@H](C[C@@]1(C=O)CCNC1)NC(=O)OC(C)(C)C. The summed E-state index contributed by atoms with van der Waals surface area (Å²) in [7, 11) is 1.24. The highest BCUT2D eigenvalue weighted by Crippen LogP contribution is 2.29. The molecule has 2 N–H and O–H groups in total. The maximum Gasteiger partial charge on any atom is 0.408 e. The summed E-state index contributed by atoms with van der Waals surface area (Å²) < 4.78 is 9.83. The van der Waals surface area contributed by atoms with Gasteiger partial charge in [-0.15, -0.1) is 0 Å². The number of alkyl carbamates (subject to hydrolysis) is 1. The first-order valence-corrected chi connectivity index (χ1v) is 6.96. The topological polar surface area (TPSA) is 93.7 Å². The van der Waals surface area contributed by atoms with Gasteiger partial charge >= 0.3 is 12.1 Å². The molecule has 120 valence electrons. The predicted molar refractivity (Wildman–Crippen MR) is 75.8 cm³/mol. The molecule has 1 fully saturated rings. The molecule has 1 rings (SSSR count). The van der Waals surface area contributed by atoms with E-state index in [1.807, 2.05) is 0 Å². The van der Waals surface area contributed by atoms with Crippen LogP contribution in [0.1, 0.15) is 33.6 Å². The second-order valence-electron chi connectivity index (χ2n) is 6.33. The van der Waals surface area contributed by atoms with E-state index in [2.05, 4.69) is 10.6 Å². The van der Waals surface area contributed by atoms with E-state index in [4.69, 9.17) is 9.47 Å². The van der Waals surface area contributed by atoms with Gasteiger partial charge in [-0.05, 0) is 40.2 Å². The number of carbonyl (C=O) groups is 3.